The standard InChI is InChI=1S/C8H5FI2O2/c1-13-8(12)4-2-6(10)7(11)3-5(4)9/h2-3H,1H3. The maximum absolute atomic E-state index is 13.2. The average molecular weight is 406 g/mol. The van der Waals surface area contributed by atoms with Crippen molar-refractivity contribution >= 4 is 51.2 Å². The van der Waals surface area contributed by atoms with Gasteiger partial charge < -0.3 is 4.74 Å². The molecule has 1 rings (SSSR count). The van der Waals surface area contributed by atoms with Crippen LogP contribution in [0.1, 0.15) is 10.4 Å². The number of carbonyl (C=O) groups excluding carboxylic acids is 1. The summed E-state index contributed by atoms with van der Waals surface area (Å²) in [6.45, 7) is 0. The van der Waals surface area contributed by atoms with Crippen molar-refractivity contribution < 1.29 is 13.9 Å². The summed E-state index contributed by atoms with van der Waals surface area (Å²) in [5, 5.41) is 0. The van der Waals surface area contributed by atoms with E-state index < -0.39 is 11.8 Å². The predicted octanol–water partition coefficient (Wildman–Crippen LogP) is 2.82. The fourth-order valence-corrected chi connectivity index (χ4v) is 1.69. The minimum atomic E-state index is -0.646. The van der Waals surface area contributed by atoms with Crippen molar-refractivity contribution in [2.45, 2.75) is 0 Å². The number of methoxy groups -OCH3 is 1. The maximum atomic E-state index is 13.2. The van der Waals surface area contributed by atoms with E-state index in [1.807, 2.05) is 45.2 Å². The van der Waals surface area contributed by atoms with Crippen LogP contribution in [0.3, 0.4) is 0 Å². The number of carbonyl (C=O) groups is 1. The SMILES string of the molecule is COC(=O)c1cc(I)c(I)cc1F. The summed E-state index contributed by atoms with van der Waals surface area (Å²) >= 11 is 4.04. The summed E-state index contributed by atoms with van der Waals surface area (Å²) in [6.07, 6.45) is 0. The zero-order valence-electron chi connectivity index (χ0n) is 6.61. The Labute approximate surface area is 102 Å². The van der Waals surface area contributed by atoms with Gasteiger partial charge in [0.25, 0.3) is 0 Å². The Hall–Kier alpha value is 0.0800. The van der Waals surface area contributed by atoms with Gasteiger partial charge >= 0.3 is 5.97 Å². The fourth-order valence-electron chi connectivity index (χ4n) is 0.789. The number of hydrogen-bond acceptors (Lipinski definition) is 2. The van der Waals surface area contributed by atoms with Gasteiger partial charge in [-0.3, -0.25) is 0 Å². The highest BCUT2D eigenvalue weighted by Gasteiger charge is 2.13. The number of hydrogen-bond donors (Lipinski definition) is 0. The zero-order chi connectivity index (χ0) is 10.0. The highest BCUT2D eigenvalue weighted by atomic mass is 127. The number of esters is 1. The second-order valence-corrected chi connectivity index (χ2v) is 4.56. The van der Waals surface area contributed by atoms with Crippen LogP contribution in [0.5, 0.6) is 0 Å². The number of rotatable bonds is 1. The molecule has 2 nitrogen and oxygen atoms in total. The molecule has 0 spiro atoms. The molecule has 0 saturated carbocycles. The molecule has 0 amide bonds. The maximum Gasteiger partial charge on any atom is 0.340 e. The minimum absolute atomic E-state index is 0.0210. The molecule has 0 bridgehead atoms. The summed E-state index contributed by atoms with van der Waals surface area (Å²) in [7, 11) is 1.23. The van der Waals surface area contributed by atoms with Crippen molar-refractivity contribution in [3.63, 3.8) is 0 Å². The van der Waals surface area contributed by atoms with Gasteiger partial charge in [0.05, 0.1) is 12.7 Å². The number of ether oxygens (including phenoxy) is 1. The molecule has 0 aliphatic carbocycles. The zero-order valence-corrected chi connectivity index (χ0v) is 10.9. The molecule has 0 atom stereocenters. The summed E-state index contributed by atoms with van der Waals surface area (Å²) < 4.78 is 19.2. The smallest absolute Gasteiger partial charge is 0.340 e. The molecule has 5 heteroatoms. The van der Waals surface area contributed by atoms with E-state index in [9.17, 15) is 9.18 Å². The molecule has 0 heterocycles. The molecule has 70 valence electrons. The molecule has 0 aliphatic rings. The van der Waals surface area contributed by atoms with Crippen molar-refractivity contribution in [2.24, 2.45) is 0 Å². The first-order valence-corrected chi connectivity index (χ1v) is 5.45. The molecule has 1 aromatic rings. The van der Waals surface area contributed by atoms with Crippen LogP contribution in [0.2, 0.25) is 0 Å². The first-order valence-electron chi connectivity index (χ1n) is 3.29. The van der Waals surface area contributed by atoms with E-state index in [-0.39, 0.29) is 5.56 Å². The Bertz CT molecular complexity index is 352. The van der Waals surface area contributed by atoms with E-state index in [1.165, 1.54) is 19.2 Å². The molecule has 0 N–H and O–H groups in total. The average Bonchev–Trinajstić information content (AvgIpc) is 2.10. The van der Waals surface area contributed by atoms with Gasteiger partial charge in [-0.25, -0.2) is 9.18 Å². The summed E-state index contributed by atoms with van der Waals surface area (Å²) in [6, 6.07) is 2.79. The van der Waals surface area contributed by atoms with Gasteiger partial charge in [-0.15, -0.1) is 0 Å². The van der Waals surface area contributed by atoms with Crippen LogP contribution in [-0.4, -0.2) is 13.1 Å². The second-order valence-electron chi connectivity index (χ2n) is 2.24. The van der Waals surface area contributed by atoms with Gasteiger partial charge in [-0.1, -0.05) is 0 Å². The molecule has 0 aromatic heterocycles. The highest BCUT2D eigenvalue weighted by molar-refractivity contribution is 14.1. The predicted molar refractivity (Wildman–Crippen MR) is 63.2 cm³/mol. The van der Waals surface area contributed by atoms with Crippen molar-refractivity contribution in [1.82, 2.24) is 0 Å². The molecule has 13 heavy (non-hydrogen) atoms. The molecule has 0 aliphatic heterocycles. The van der Waals surface area contributed by atoms with Crippen LogP contribution < -0.4 is 0 Å². The van der Waals surface area contributed by atoms with Crippen LogP contribution in [-0.2, 0) is 4.74 Å². The monoisotopic (exact) mass is 406 g/mol. The third kappa shape index (κ3) is 2.52. The second kappa shape index (κ2) is 4.54. The van der Waals surface area contributed by atoms with Gasteiger partial charge in [0.1, 0.15) is 5.82 Å². The Morgan fingerprint density at radius 3 is 2.46 bits per heavy atom. The molecule has 0 unspecified atom stereocenters. The van der Waals surface area contributed by atoms with E-state index in [0.717, 1.165) is 7.14 Å². The van der Waals surface area contributed by atoms with E-state index in [1.54, 1.807) is 0 Å². The largest absolute Gasteiger partial charge is 0.465 e. The Morgan fingerprint density at radius 1 is 1.38 bits per heavy atom. The van der Waals surface area contributed by atoms with Crippen LogP contribution >= 0.6 is 45.2 Å². The van der Waals surface area contributed by atoms with Gasteiger partial charge in [0.15, 0.2) is 0 Å². The number of benzene rings is 1. The summed E-state index contributed by atoms with van der Waals surface area (Å²) in [5.41, 5.74) is -0.0210. The fraction of sp³-hybridized carbons (Fsp3) is 0.125. The van der Waals surface area contributed by atoms with Gasteiger partial charge in [-0.2, -0.15) is 0 Å². The molecule has 1 aromatic carbocycles. The Morgan fingerprint density at radius 2 is 1.92 bits per heavy atom. The minimum Gasteiger partial charge on any atom is -0.465 e. The lowest BCUT2D eigenvalue weighted by Crippen LogP contribution is -2.05. The lowest BCUT2D eigenvalue weighted by atomic mass is 10.2. The highest BCUT2D eigenvalue weighted by Crippen LogP contribution is 2.20. The summed E-state index contributed by atoms with van der Waals surface area (Å²) in [5.74, 6) is -1.19. The quantitative estimate of drug-likeness (QED) is 0.408. The normalized spacial score (nSPS) is 9.85. The molecular formula is C8H5FI2O2. The first-order chi connectivity index (χ1) is 6.06. The lowest BCUT2D eigenvalue weighted by Gasteiger charge is -2.03. The Kier molecular flexibility index (Phi) is 3.89. The first kappa shape index (κ1) is 11.2. The van der Waals surface area contributed by atoms with Crippen molar-refractivity contribution in [2.75, 3.05) is 7.11 Å². The van der Waals surface area contributed by atoms with Crippen LogP contribution in [0.4, 0.5) is 4.39 Å². The number of halogens is 3. The molecule has 0 saturated heterocycles. The molecular weight excluding hydrogens is 401 g/mol. The van der Waals surface area contributed by atoms with Crippen molar-refractivity contribution in [1.29, 1.82) is 0 Å². The van der Waals surface area contributed by atoms with Crippen molar-refractivity contribution in [3.05, 3.63) is 30.7 Å². The molecule has 0 fully saturated rings. The van der Waals surface area contributed by atoms with Crippen LogP contribution in [0.15, 0.2) is 12.1 Å². The summed E-state index contributed by atoms with van der Waals surface area (Å²) in [4.78, 5) is 11.0. The third-order valence-electron chi connectivity index (χ3n) is 1.42. The molecule has 0 radical (unpaired) electrons. The van der Waals surface area contributed by atoms with Crippen LogP contribution in [0.25, 0.3) is 0 Å². The lowest BCUT2D eigenvalue weighted by molar-refractivity contribution is 0.0595. The van der Waals surface area contributed by atoms with Crippen molar-refractivity contribution in [3.8, 4) is 0 Å². The topological polar surface area (TPSA) is 26.3 Å². The van der Waals surface area contributed by atoms with E-state index in [0.29, 0.717) is 0 Å². The van der Waals surface area contributed by atoms with Crippen LogP contribution in [0, 0.1) is 13.0 Å². The van der Waals surface area contributed by atoms with Gasteiger partial charge in [0, 0.05) is 7.14 Å². The van der Waals surface area contributed by atoms with E-state index in [2.05, 4.69) is 4.74 Å². The van der Waals surface area contributed by atoms with E-state index in [4.69, 9.17) is 0 Å². The van der Waals surface area contributed by atoms with Gasteiger partial charge in [-0.05, 0) is 57.3 Å². The third-order valence-corrected chi connectivity index (χ3v) is 4.23. The Balaban J connectivity index is 3.23. The van der Waals surface area contributed by atoms with E-state index >= 15 is 0 Å². The van der Waals surface area contributed by atoms with Gasteiger partial charge in [0.2, 0.25) is 0 Å².